The molecule has 4 nitrogen and oxygen atoms in total. The summed E-state index contributed by atoms with van der Waals surface area (Å²) >= 11 is 0. The first-order valence-electron chi connectivity index (χ1n) is 1.82. The van der Waals surface area contributed by atoms with Crippen molar-refractivity contribution in [3.63, 3.8) is 0 Å². The molecule has 0 aromatic rings. The first-order chi connectivity index (χ1) is 3.46. The second kappa shape index (κ2) is 11.0. The van der Waals surface area contributed by atoms with Gasteiger partial charge >= 0.3 is 0 Å². The molecule has 1 radical (unpaired) electrons. The molecule has 0 spiro atoms. The van der Waals surface area contributed by atoms with Gasteiger partial charge in [-0.05, 0) is 13.8 Å². The van der Waals surface area contributed by atoms with E-state index in [2.05, 4.69) is 0 Å². The van der Waals surface area contributed by atoms with Crippen LogP contribution < -0.4 is 10.2 Å². The molecule has 0 saturated carbocycles. The van der Waals surface area contributed by atoms with Crippen molar-refractivity contribution in [2.24, 2.45) is 0 Å². The van der Waals surface area contributed by atoms with Crippen LogP contribution in [0.4, 0.5) is 0 Å². The maximum Gasteiger partial charge on any atom is 0.0383 e. The van der Waals surface area contributed by atoms with Gasteiger partial charge in [-0.3, -0.25) is 0 Å². The molecule has 0 bridgehead atoms. The van der Waals surface area contributed by atoms with E-state index in [0.29, 0.717) is 0 Å². The van der Waals surface area contributed by atoms with Gasteiger partial charge in [0.1, 0.15) is 0 Å². The average Bonchev–Trinajstić information content (AvgIpc) is 1.25. The Hall–Kier alpha value is 0.135. The van der Waals surface area contributed by atoms with Crippen LogP contribution >= 0.6 is 0 Å². The zero-order valence-electron chi connectivity index (χ0n) is 5.21. The van der Waals surface area contributed by atoms with Gasteiger partial charge in [-0.1, -0.05) is 0 Å². The Morgan fingerprint density at radius 2 is 1.00 bits per heavy atom. The SMILES string of the molecule is CC(=O)[O-].CC(=O)[O-].[La]. The fourth-order valence-electron chi connectivity index (χ4n) is 0. The molecular weight excluding hydrogens is 251 g/mol. The smallest absolute Gasteiger partial charge is 0.0383 e. The predicted molar refractivity (Wildman–Crippen MR) is 21.4 cm³/mol. The van der Waals surface area contributed by atoms with E-state index in [-0.39, 0.29) is 35.6 Å². The number of hydrogen-bond acceptors (Lipinski definition) is 4. The van der Waals surface area contributed by atoms with Gasteiger partial charge in [0.15, 0.2) is 0 Å². The number of hydrogen-bond donors (Lipinski definition) is 0. The van der Waals surface area contributed by atoms with E-state index in [1.165, 1.54) is 0 Å². The molecule has 0 atom stereocenters. The summed E-state index contributed by atoms with van der Waals surface area (Å²) in [7, 11) is 0. The Morgan fingerprint density at radius 1 is 1.00 bits per heavy atom. The third-order valence-electron chi connectivity index (χ3n) is 0. The first kappa shape index (κ1) is 16.1. The summed E-state index contributed by atoms with van der Waals surface area (Å²) in [5, 5.41) is 17.8. The van der Waals surface area contributed by atoms with Crippen LogP contribution in [0, 0.1) is 35.6 Å². The number of carbonyl (C=O) groups is 2. The van der Waals surface area contributed by atoms with Crippen LogP contribution in [0.25, 0.3) is 0 Å². The Labute approximate surface area is 80.9 Å². The second-order valence-corrected chi connectivity index (χ2v) is 0.983. The summed E-state index contributed by atoms with van der Waals surface area (Å²) in [5.74, 6) is -2.17. The van der Waals surface area contributed by atoms with Gasteiger partial charge in [0.05, 0.1) is 0 Å². The van der Waals surface area contributed by atoms with Crippen LogP contribution in [0.3, 0.4) is 0 Å². The molecule has 0 aliphatic heterocycles. The Bertz CT molecular complexity index is 70.6. The minimum atomic E-state index is -1.08. The van der Waals surface area contributed by atoms with E-state index >= 15 is 0 Å². The quantitative estimate of drug-likeness (QED) is 0.481. The number of carboxylic acids is 2. The number of carboxylic acid groups (broad SMARTS) is 2. The first-order valence-corrected chi connectivity index (χ1v) is 1.82. The van der Waals surface area contributed by atoms with Crippen molar-refractivity contribution < 1.29 is 55.4 Å². The number of aliphatic carboxylic acids is 2. The van der Waals surface area contributed by atoms with E-state index in [1.807, 2.05) is 0 Å². The second-order valence-electron chi connectivity index (χ2n) is 0.983. The normalized spacial score (nSPS) is 5.56. The standard InChI is InChI=1S/2C2H4O2.La/c2*1-2(3)4;/h2*1H3,(H,3,4);/p-2. The van der Waals surface area contributed by atoms with Crippen LogP contribution in [-0.2, 0) is 9.59 Å². The molecule has 0 aromatic carbocycles. The van der Waals surface area contributed by atoms with E-state index in [0.717, 1.165) is 13.8 Å². The minimum Gasteiger partial charge on any atom is -0.550 e. The molecular formula is C4H6LaO4-2. The zero-order chi connectivity index (χ0) is 7.15. The third-order valence-corrected chi connectivity index (χ3v) is 0. The van der Waals surface area contributed by atoms with Gasteiger partial charge in [0, 0.05) is 47.5 Å². The van der Waals surface area contributed by atoms with Crippen molar-refractivity contribution in [3.05, 3.63) is 0 Å². The van der Waals surface area contributed by atoms with Gasteiger partial charge in [0.25, 0.3) is 0 Å². The molecule has 51 valence electrons. The van der Waals surface area contributed by atoms with E-state index in [9.17, 15) is 0 Å². The summed E-state index contributed by atoms with van der Waals surface area (Å²) in [5.41, 5.74) is 0. The van der Waals surface area contributed by atoms with Crippen LogP contribution in [0.1, 0.15) is 13.8 Å². The van der Waals surface area contributed by atoms with Crippen molar-refractivity contribution in [1.29, 1.82) is 0 Å². The predicted octanol–water partition coefficient (Wildman–Crippen LogP) is -2.49. The van der Waals surface area contributed by atoms with Crippen LogP contribution in [0.5, 0.6) is 0 Å². The number of rotatable bonds is 0. The summed E-state index contributed by atoms with van der Waals surface area (Å²) in [6, 6.07) is 0. The van der Waals surface area contributed by atoms with Gasteiger partial charge in [-0.2, -0.15) is 0 Å². The number of carbonyl (C=O) groups excluding carboxylic acids is 2. The molecule has 0 rings (SSSR count). The van der Waals surface area contributed by atoms with E-state index in [4.69, 9.17) is 19.8 Å². The molecule has 0 unspecified atom stereocenters. The molecule has 9 heavy (non-hydrogen) atoms. The molecule has 0 amide bonds. The fourth-order valence-corrected chi connectivity index (χ4v) is 0. The van der Waals surface area contributed by atoms with Crippen molar-refractivity contribution in [1.82, 2.24) is 0 Å². The molecule has 0 saturated heterocycles. The Kier molecular flexibility index (Phi) is 19.6. The zero-order valence-corrected chi connectivity index (χ0v) is 8.84. The van der Waals surface area contributed by atoms with Gasteiger partial charge in [-0.25, -0.2) is 0 Å². The summed E-state index contributed by atoms with van der Waals surface area (Å²) in [6.45, 7) is 1.94. The van der Waals surface area contributed by atoms with Crippen LogP contribution in [0.2, 0.25) is 0 Å². The molecule has 0 aromatic heterocycles. The minimum absolute atomic E-state index is 0. The van der Waals surface area contributed by atoms with Crippen molar-refractivity contribution in [2.75, 3.05) is 0 Å². The maximum atomic E-state index is 8.89. The molecule has 0 aliphatic carbocycles. The fraction of sp³-hybridized carbons (Fsp3) is 0.500. The average molecular weight is 257 g/mol. The molecule has 0 heterocycles. The molecule has 0 aliphatic rings. The van der Waals surface area contributed by atoms with Crippen molar-refractivity contribution in [3.8, 4) is 0 Å². The molecule has 0 fully saturated rings. The van der Waals surface area contributed by atoms with E-state index in [1.54, 1.807) is 0 Å². The van der Waals surface area contributed by atoms with Crippen molar-refractivity contribution >= 4 is 11.9 Å². The van der Waals surface area contributed by atoms with Gasteiger partial charge in [-0.15, -0.1) is 0 Å². The largest absolute Gasteiger partial charge is 0.550 e. The van der Waals surface area contributed by atoms with Crippen LogP contribution in [-0.4, -0.2) is 11.9 Å². The topological polar surface area (TPSA) is 80.3 Å². The Balaban J connectivity index is -0.0000000720. The Morgan fingerprint density at radius 3 is 1.00 bits per heavy atom. The molecule has 0 N–H and O–H groups in total. The van der Waals surface area contributed by atoms with E-state index < -0.39 is 11.9 Å². The van der Waals surface area contributed by atoms with Crippen molar-refractivity contribution in [2.45, 2.75) is 13.8 Å². The summed E-state index contributed by atoms with van der Waals surface area (Å²) in [6.07, 6.45) is 0. The maximum absolute atomic E-state index is 8.89. The van der Waals surface area contributed by atoms with Gasteiger partial charge < -0.3 is 19.8 Å². The monoisotopic (exact) mass is 257 g/mol. The third kappa shape index (κ3) is 16800. The van der Waals surface area contributed by atoms with Crippen LogP contribution in [0.15, 0.2) is 0 Å². The van der Waals surface area contributed by atoms with Gasteiger partial charge in [0.2, 0.25) is 0 Å². The summed E-state index contributed by atoms with van der Waals surface area (Å²) in [4.78, 5) is 17.8. The summed E-state index contributed by atoms with van der Waals surface area (Å²) < 4.78 is 0. The molecule has 5 heteroatoms.